The first-order valence-corrected chi connectivity index (χ1v) is 11.4. The third-order valence-corrected chi connectivity index (χ3v) is 6.42. The molecule has 174 valence electrons. The number of hydrazine groups is 1. The lowest BCUT2D eigenvalue weighted by Crippen LogP contribution is -2.41. The van der Waals surface area contributed by atoms with Gasteiger partial charge >= 0.3 is 0 Å². The van der Waals surface area contributed by atoms with Crippen molar-refractivity contribution in [2.45, 2.75) is 26.4 Å². The molecular formula is C27H27FN4O2. The smallest absolute Gasteiger partial charge is 0.245 e. The molecule has 3 aromatic carbocycles. The molecule has 2 unspecified atom stereocenters. The number of benzene rings is 3. The molecule has 0 aliphatic carbocycles. The van der Waals surface area contributed by atoms with Crippen LogP contribution in [0.3, 0.4) is 0 Å². The van der Waals surface area contributed by atoms with Crippen molar-refractivity contribution < 1.29 is 14.0 Å². The van der Waals surface area contributed by atoms with E-state index in [1.807, 2.05) is 50.2 Å². The number of carbonyl (C=O) groups is 2. The summed E-state index contributed by atoms with van der Waals surface area (Å²) in [5, 5.41) is 4.21. The van der Waals surface area contributed by atoms with E-state index < -0.39 is 5.92 Å². The Kier molecular flexibility index (Phi) is 5.79. The van der Waals surface area contributed by atoms with E-state index >= 15 is 0 Å². The molecule has 1 fully saturated rings. The van der Waals surface area contributed by atoms with Gasteiger partial charge in [0.1, 0.15) is 12.4 Å². The van der Waals surface area contributed by atoms with Crippen molar-refractivity contribution in [1.29, 1.82) is 0 Å². The van der Waals surface area contributed by atoms with Gasteiger partial charge in [-0.2, -0.15) is 0 Å². The third kappa shape index (κ3) is 4.39. The Morgan fingerprint density at radius 1 is 1.06 bits per heavy atom. The highest BCUT2D eigenvalue weighted by Crippen LogP contribution is 2.42. The molecule has 0 saturated carbocycles. The van der Waals surface area contributed by atoms with Gasteiger partial charge in [-0.05, 0) is 60.9 Å². The molecule has 2 amide bonds. The number of amides is 2. The molecule has 5 rings (SSSR count). The second-order valence-electron chi connectivity index (χ2n) is 9.13. The Morgan fingerprint density at radius 2 is 1.82 bits per heavy atom. The molecule has 0 bridgehead atoms. The molecule has 6 nitrogen and oxygen atoms in total. The maximum absolute atomic E-state index is 14.2. The quantitative estimate of drug-likeness (QED) is 0.604. The molecule has 7 heteroatoms. The van der Waals surface area contributed by atoms with Gasteiger partial charge < -0.3 is 10.2 Å². The first-order valence-electron chi connectivity index (χ1n) is 11.4. The number of hydrogen-bond donors (Lipinski definition) is 2. The Balaban J connectivity index is 1.36. The standard InChI is InChI=1S/C27H27FN4O2/c1-17-5-3-7-19(11-17)14-31-15-23-26(22-13-20(28)9-10-24(22)31)30-32(27(23)34)16-25(33)29-21-8-4-6-18(2)12-21/h3-13,23,26,30H,14-16H2,1-2H3,(H,29,33). The highest BCUT2D eigenvalue weighted by Gasteiger charge is 2.46. The lowest BCUT2D eigenvalue weighted by molar-refractivity contribution is -0.135. The summed E-state index contributed by atoms with van der Waals surface area (Å²) in [6.07, 6.45) is 0. The number of anilines is 2. The van der Waals surface area contributed by atoms with Crippen LogP contribution in [0.25, 0.3) is 0 Å². The predicted molar refractivity (Wildman–Crippen MR) is 130 cm³/mol. The van der Waals surface area contributed by atoms with E-state index in [1.54, 1.807) is 6.07 Å². The predicted octanol–water partition coefficient (Wildman–Crippen LogP) is 4.11. The Bertz CT molecular complexity index is 1260. The van der Waals surface area contributed by atoms with Gasteiger partial charge in [-0.15, -0.1) is 0 Å². The second-order valence-corrected chi connectivity index (χ2v) is 9.13. The minimum atomic E-state index is -0.411. The molecular weight excluding hydrogens is 431 g/mol. The first kappa shape index (κ1) is 22.1. The number of hydrogen-bond acceptors (Lipinski definition) is 4. The van der Waals surface area contributed by atoms with E-state index in [4.69, 9.17) is 0 Å². The Morgan fingerprint density at radius 3 is 2.59 bits per heavy atom. The van der Waals surface area contributed by atoms with Crippen molar-refractivity contribution in [2.75, 3.05) is 23.3 Å². The van der Waals surface area contributed by atoms with Crippen molar-refractivity contribution in [3.05, 3.63) is 94.8 Å². The minimum absolute atomic E-state index is 0.123. The van der Waals surface area contributed by atoms with E-state index in [0.29, 0.717) is 18.8 Å². The summed E-state index contributed by atoms with van der Waals surface area (Å²) >= 11 is 0. The molecule has 2 atom stereocenters. The third-order valence-electron chi connectivity index (χ3n) is 6.42. The lowest BCUT2D eigenvalue weighted by Gasteiger charge is -2.36. The van der Waals surface area contributed by atoms with Crippen LogP contribution in [0.2, 0.25) is 0 Å². The molecule has 2 heterocycles. The molecule has 0 radical (unpaired) electrons. The number of halogens is 1. The second kappa shape index (κ2) is 8.91. The van der Waals surface area contributed by atoms with Gasteiger partial charge in [0.2, 0.25) is 11.8 Å². The van der Waals surface area contributed by atoms with Gasteiger partial charge in [-0.3, -0.25) is 14.6 Å². The zero-order valence-corrected chi connectivity index (χ0v) is 19.2. The summed E-state index contributed by atoms with van der Waals surface area (Å²) < 4.78 is 14.2. The van der Waals surface area contributed by atoms with E-state index in [0.717, 1.165) is 27.9 Å². The van der Waals surface area contributed by atoms with Gasteiger partial charge in [-0.25, -0.2) is 9.82 Å². The molecule has 1 saturated heterocycles. The lowest BCUT2D eigenvalue weighted by atomic mass is 9.87. The number of fused-ring (bicyclic) bond motifs is 3. The maximum atomic E-state index is 14.2. The van der Waals surface area contributed by atoms with Crippen LogP contribution in [0.1, 0.15) is 28.3 Å². The van der Waals surface area contributed by atoms with Crippen LogP contribution in [0.4, 0.5) is 15.8 Å². The topological polar surface area (TPSA) is 64.7 Å². The van der Waals surface area contributed by atoms with Gasteiger partial charge in [0.25, 0.3) is 0 Å². The van der Waals surface area contributed by atoms with Crippen molar-refractivity contribution in [1.82, 2.24) is 10.4 Å². The Hall–Kier alpha value is -3.71. The molecule has 0 spiro atoms. The van der Waals surface area contributed by atoms with Crippen molar-refractivity contribution >= 4 is 23.2 Å². The fourth-order valence-electron chi connectivity index (χ4n) is 4.90. The number of carbonyl (C=O) groups excluding carboxylic acids is 2. The number of nitrogens with one attached hydrogen (secondary N) is 2. The molecule has 34 heavy (non-hydrogen) atoms. The van der Waals surface area contributed by atoms with Crippen LogP contribution < -0.4 is 15.6 Å². The minimum Gasteiger partial charge on any atom is -0.366 e. The molecule has 2 N–H and O–H groups in total. The fraction of sp³-hybridized carbons (Fsp3) is 0.259. The summed E-state index contributed by atoms with van der Waals surface area (Å²) in [7, 11) is 0. The van der Waals surface area contributed by atoms with E-state index in [9.17, 15) is 14.0 Å². The average molecular weight is 459 g/mol. The monoisotopic (exact) mass is 458 g/mol. The van der Waals surface area contributed by atoms with Crippen LogP contribution in [0.15, 0.2) is 66.7 Å². The van der Waals surface area contributed by atoms with E-state index in [2.05, 4.69) is 27.8 Å². The zero-order chi connectivity index (χ0) is 23.8. The highest BCUT2D eigenvalue weighted by molar-refractivity contribution is 5.95. The summed E-state index contributed by atoms with van der Waals surface area (Å²) in [5.74, 6) is -1.21. The summed E-state index contributed by atoms with van der Waals surface area (Å²) in [6.45, 7) is 4.97. The first-order chi connectivity index (χ1) is 16.4. The van der Waals surface area contributed by atoms with Gasteiger partial charge in [-0.1, -0.05) is 42.0 Å². The summed E-state index contributed by atoms with van der Waals surface area (Å²) in [6, 6.07) is 20.1. The number of aryl methyl sites for hydroxylation is 2. The van der Waals surface area contributed by atoms with Crippen molar-refractivity contribution in [3.63, 3.8) is 0 Å². The number of nitrogens with zero attached hydrogens (tertiary/aromatic N) is 2. The fourth-order valence-corrected chi connectivity index (χ4v) is 4.90. The normalized spacial score (nSPS) is 19.1. The van der Waals surface area contributed by atoms with Crippen LogP contribution in [-0.4, -0.2) is 29.9 Å². The van der Waals surface area contributed by atoms with Gasteiger partial charge in [0, 0.05) is 24.5 Å². The molecule has 2 aliphatic rings. The number of rotatable bonds is 5. The highest BCUT2D eigenvalue weighted by atomic mass is 19.1. The SMILES string of the molecule is Cc1cccc(CN2CC3C(=O)N(CC(=O)Nc4cccc(C)c4)NC3c3cc(F)ccc32)c1. The Labute approximate surface area is 198 Å². The van der Waals surface area contributed by atoms with Crippen molar-refractivity contribution in [2.24, 2.45) is 5.92 Å². The van der Waals surface area contributed by atoms with Crippen LogP contribution in [0.5, 0.6) is 0 Å². The van der Waals surface area contributed by atoms with Crippen LogP contribution in [0, 0.1) is 25.6 Å². The summed E-state index contributed by atoms with van der Waals surface area (Å²) in [5.41, 5.74) is 8.82. The van der Waals surface area contributed by atoms with Gasteiger partial charge in [0.05, 0.1) is 12.0 Å². The van der Waals surface area contributed by atoms with E-state index in [-0.39, 0.29) is 30.2 Å². The van der Waals surface area contributed by atoms with Crippen LogP contribution in [-0.2, 0) is 16.1 Å². The average Bonchev–Trinajstić information content (AvgIpc) is 3.09. The maximum Gasteiger partial charge on any atom is 0.245 e. The van der Waals surface area contributed by atoms with Crippen molar-refractivity contribution in [3.8, 4) is 0 Å². The molecule has 2 aliphatic heterocycles. The van der Waals surface area contributed by atoms with E-state index in [1.165, 1.54) is 17.1 Å². The van der Waals surface area contributed by atoms with Crippen LogP contribution >= 0.6 is 0 Å². The largest absolute Gasteiger partial charge is 0.366 e. The van der Waals surface area contributed by atoms with Gasteiger partial charge in [0.15, 0.2) is 0 Å². The summed E-state index contributed by atoms with van der Waals surface area (Å²) in [4.78, 5) is 28.1. The zero-order valence-electron chi connectivity index (χ0n) is 19.2. The molecule has 0 aromatic heterocycles. The molecule has 3 aromatic rings.